The van der Waals surface area contributed by atoms with Crippen LogP contribution in [0.3, 0.4) is 0 Å². The number of amides is 1. The highest BCUT2D eigenvalue weighted by Gasteiger charge is 2.35. The van der Waals surface area contributed by atoms with Crippen molar-refractivity contribution in [3.63, 3.8) is 0 Å². The fourth-order valence-electron chi connectivity index (χ4n) is 6.17. The number of nitrogens with zero attached hydrogens (tertiary/aromatic N) is 5. The van der Waals surface area contributed by atoms with Gasteiger partial charge in [-0.25, -0.2) is 4.68 Å². The SMILES string of the molecule is COCCN1C[C@@H](NC(=O)Cc2c(C)c(-c3cnn(C)c3)nn2-c2ccccc2)[C@H](c2cccc(/C=C/c3ccccc3)c2)C1. The molecule has 5 aromatic rings. The maximum absolute atomic E-state index is 13.9. The van der Waals surface area contributed by atoms with Crippen LogP contribution in [0.25, 0.3) is 29.1 Å². The van der Waals surface area contributed by atoms with E-state index < -0.39 is 0 Å². The van der Waals surface area contributed by atoms with Crippen LogP contribution in [-0.2, 0) is 23.0 Å². The van der Waals surface area contributed by atoms with Gasteiger partial charge in [-0.05, 0) is 41.3 Å². The average Bonchev–Trinajstić information content (AvgIpc) is 3.77. The van der Waals surface area contributed by atoms with Crippen molar-refractivity contribution in [2.45, 2.75) is 25.3 Å². The summed E-state index contributed by atoms with van der Waals surface area (Å²) >= 11 is 0. The zero-order valence-corrected chi connectivity index (χ0v) is 26.1. The van der Waals surface area contributed by atoms with E-state index in [-0.39, 0.29) is 24.3 Å². The van der Waals surface area contributed by atoms with E-state index in [4.69, 9.17) is 9.84 Å². The molecule has 8 nitrogen and oxygen atoms in total. The molecular weight excluding hydrogens is 560 g/mol. The summed E-state index contributed by atoms with van der Waals surface area (Å²) in [6, 6.07) is 28.9. The molecule has 0 spiro atoms. The first-order valence-electron chi connectivity index (χ1n) is 15.4. The van der Waals surface area contributed by atoms with Crippen molar-refractivity contribution in [2.24, 2.45) is 7.05 Å². The highest BCUT2D eigenvalue weighted by Crippen LogP contribution is 2.30. The van der Waals surface area contributed by atoms with Crippen molar-refractivity contribution in [3.05, 3.63) is 125 Å². The molecule has 1 saturated heterocycles. The first-order chi connectivity index (χ1) is 22.0. The number of aromatic nitrogens is 4. The van der Waals surface area contributed by atoms with Crippen molar-refractivity contribution in [3.8, 4) is 16.9 Å². The number of methoxy groups -OCH3 is 1. The number of carbonyl (C=O) groups excluding carboxylic acids is 1. The molecule has 0 unspecified atom stereocenters. The molecule has 2 aromatic heterocycles. The van der Waals surface area contributed by atoms with Crippen LogP contribution in [0.4, 0.5) is 0 Å². The van der Waals surface area contributed by atoms with Gasteiger partial charge in [0.2, 0.25) is 5.91 Å². The first-order valence-corrected chi connectivity index (χ1v) is 15.4. The summed E-state index contributed by atoms with van der Waals surface area (Å²) in [6.45, 7) is 5.13. The van der Waals surface area contributed by atoms with Gasteiger partial charge in [-0.2, -0.15) is 10.2 Å². The molecule has 0 saturated carbocycles. The molecule has 0 aliphatic carbocycles. The maximum Gasteiger partial charge on any atom is 0.226 e. The number of aryl methyl sites for hydroxylation is 1. The molecule has 2 atom stereocenters. The van der Waals surface area contributed by atoms with Gasteiger partial charge in [0.1, 0.15) is 0 Å². The summed E-state index contributed by atoms with van der Waals surface area (Å²) < 4.78 is 9.06. The van der Waals surface area contributed by atoms with Gasteiger partial charge in [-0.1, -0.05) is 84.9 Å². The molecule has 3 heterocycles. The van der Waals surface area contributed by atoms with Crippen LogP contribution in [0.5, 0.6) is 0 Å². The summed E-state index contributed by atoms with van der Waals surface area (Å²) in [5, 5.41) is 12.7. The number of hydrogen-bond acceptors (Lipinski definition) is 5. The average molecular weight is 601 g/mol. The zero-order valence-electron chi connectivity index (χ0n) is 26.1. The van der Waals surface area contributed by atoms with Crippen molar-refractivity contribution in [1.29, 1.82) is 0 Å². The molecule has 1 N–H and O–H groups in total. The number of carbonyl (C=O) groups is 1. The highest BCUT2D eigenvalue weighted by atomic mass is 16.5. The lowest BCUT2D eigenvalue weighted by Crippen LogP contribution is -2.41. The minimum Gasteiger partial charge on any atom is -0.383 e. The molecule has 1 aliphatic rings. The minimum atomic E-state index is -0.0334. The fourth-order valence-corrected chi connectivity index (χ4v) is 6.17. The van der Waals surface area contributed by atoms with E-state index in [1.807, 2.05) is 79.6 Å². The van der Waals surface area contributed by atoms with E-state index >= 15 is 0 Å². The standard InChI is InChI=1S/C37H40N6O2/c1-27-35(43(32-15-8-5-9-16-32)40-37(27)31-23-38-41(2)24-31)22-36(44)39-34-26-42(19-20-45-3)25-33(34)30-14-10-13-29(21-30)18-17-28-11-6-4-7-12-28/h4-18,21,23-24,33-34H,19-20,22,25-26H2,1-3H3,(H,39,44)/b18-17+/t33-,34+/m0/s1. The Balaban J connectivity index is 1.25. The third-order valence-electron chi connectivity index (χ3n) is 8.51. The van der Waals surface area contributed by atoms with Crippen LogP contribution in [0.2, 0.25) is 0 Å². The molecule has 3 aromatic carbocycles. The Morgan fingerprint density at radius 3 is 2.44 bits per heavy atom. The van der Waals surface area contributed by atoms with Gasteiger partial charge in [0.05, 0.1) is 36.3 Å². The molecule has 6 rings (SSSR count). The maximum atomic E-state index is 13.9. The number of nitrogens with one attached hydrogen (secondary N) is 1. The molecule has 45 heavy (non-hydrogen) atoms. The number of hydrogen-bond donors (Lipinski definition) is 1. The van der Waals surface area contributed by atoms with E-state index in [2.05, 4.69) is 63.9 Å². The number of benzene rings is 3. The van der Waals surface area contributed by atoms with Gasteiger partial charge in [-0.3, -0.25) is 14.4 Å². The Labute approximate surface area is 265 Å². The van der Waals surface area contributed by atoms with E-state index in [1.165, 1.54) is 5.56 Å². The highest BCUT2D eigenvalue weighted by molar-refractivity contribution is 5.80. The summed E-state index contributed by atoms with van der Waals surface area (Å²) in [4.78, 5) is 16.2. The van der Waals surface area contributed by atoms with Crippen molar-refractivity contribution in [2.75, 3.05) is 33.4 Å². The third-order valence-corrected chi connectivity index (χ3v) is 8.51. The quantitative estimate of drug-likeness (QED) is 0.202. The Hall–Kier alpha value is -4.79. The minimum absolute atomic E-state index is 0.0170. The van der Waals surface area contributed by atoms with Gasteiger partial charge in [-0.15, -0.1) is 0 Å². The van der Waals surface area contributed by atoms with Gasteiger partial charge >= 0.3 is 0 Å². The smallest absolute Gasteiger partial charge is 0.226 e. The molecule has 1 aliphatic heterocycles. The van der Waals surface area contributed by atoms with Crippen LogP contribution in [0, 0.1) is 6.92 Å². The van der Waals surface area contributed by atoms with E-state index in [9.17, 15) is 4.79 Å². The molecular formula is C37H40N6O2. The van der Waals surface area contributed by atoms with Crippen LogP contribution >= 0.6 is 0 Å². The predicted octanol–water partition coefficient (Wildman–Crippen LogP) is 5.52. The molecule has 0 radical (unpaired) electrons. The van der Waals surface area contributed by atoms with Crippen LogP contribution in [0.15, 0.2) is 97.3 Å². The topological polar surface area (TPSA) is 77.2 Å². The normalized spacial score (nSPS) is 16.9. The number of rotatable bonds is 11. The second kappa shape index (κ2) is 13.9. The fraction of sp³-hybridized carbons (Fsp3) is 0.270. The molecule has 8 heteroatoms. The Kier molecular flexibility index (Phi) is 9.33. The summed E-state index contributed by atoms with van der Waals surface area (Å²) in [5.41, 5.74) is 8.06. The van der Waals surface area contributed by atoms with Crippen LogP contribution in [0.1, 0.15) is 33.9 Å². The summed E-state index contributed by atoms with van der Waals surface area (Å²) in [6.07, 6.45) is 8.27. The Morgan fingerprint density at radius 1 is 0.978 bits per heavy atom. The van der Waals surface area contributed by atoms with Gasteiger partial charge in [0.15, 0.2) is 0 Å². The second-order valence-electron chi connectivity index (χ2n) is 11.7. The van der Waals surface area contributed by atoms with E-state index in [0.29, 0.717) is 6.61 Å². The monoisotopic (exact) mass is 600 g/mol. The largest absolute Gasteiger partial charge is 0.383 e. The van der Waals surface area contributed by atoms with Crippen molar-refractivity contribution in [1.82, 2.24) is 29.8 Å². The molecule has 1 amide bonds. The zero-order chi connectivity index (χ0) is 31.2. The molecule has 230 valence electrons. The lowest BCUT2D eigenvalue weighted by Gasteiger charge is -2.21. The summed E-state index contributed by atoms with van der Waals surface area (Å²) in [5.74, 6) is 0.138. The van der Waals surface area contributed by atoms with Crippen molar-refractivity contribution < 1.29 is 9.53 Å². The predicted molar refractivity (Wildman–Crippen MR) is 179 cm³/mol. The van der Waals surface area contributed by atoms with Gasteiger partial charge in [0, 0.05) is 57.5 Å². The molecule has 0 bridgehead atoms. The Morgan fingerprint density at radius 2 is 1.71 bits per heavy atom. The number of para-hydroxylation sites is 1. The van der Waals surface area contributed by atoms with E-state index in [1.54, 1.807) is 11.8 Å². The van der Waals surface area contributed by atoms with Crippen LogP contribution < -0.4 is 5.32 Å². The van der Waals surface area contributed by atoms with E-state index in [0.717, 1.165) is 59.0 Å². The lowest BCUT2D eigenvalue weighted by molar-refractivity contribution is -0.121. The number of ether oxygens (including phenoxy) is 1. The lowest BCUT2D eigenvalue weighted by atomic mass is 9.92. The second-order valence-corrected chi connectivity index (χ2v) is 11.7. The van der Waals surface area contributed by atoms with Crippen LogP contribution in [-0.4, -0.2) is 69.8 Å². The number of likely N-dealkylation sites (tertiary alicyclic amines) is 1. The first kappa shape index (κ1) is 30.2. The third kappa shape index (κ3) is 7.14. The Bertz CT molecular complexity index is 1760. The van der Waals surface area contributed by atoms with Crippen molar-refractivity contribution >= 4 is 18.1 Å². The summed E-state index contributed by atoms with van der Waals surface area (Å²) in [7, 11) is 3.62. The molecule has 1 fully saturated rings. The van der Waals surface area contributed by atoms with Gasteiger partial charge < -0.3 is 10.1 Å². The van der Waals surface area contributed by atoms with Gasteiger partial charge in [0.25, 0.3) is 0 Å².